The third-order valence-electron chi connectivity index (χ3n) is 3.42. The molecule has 0 saturated carbocycles. The Morgan fingerprint density at radius 3 is 1.81 bits per heavy atom. The largest absolute Gasteiger partial charge is 0.437 e. The highest BCUT2D eigenvalue weighted by Gasteiger charge is 2.40. The number of rotatable bonds is 5. The smallest absolute Gasteiger partial charge is 0.329 e. The predicted molar refractivity (Wildman–Crippen MR) is 78.9 cm³/mol. The van der Waals surface area contributed by atoms with Crippen LogP contribution in [0.3, 0.4) is 0 Å². The van der Waals surface area contributed by atoms with Gasteiger partial charge in [-0.25, -0.2) is 0 Å². The molecule has 3 rings (SSSR count). The van der Waals surface area contributed by atoms with Crippen LogP contribution in [-0.2, 0) is 4.79 Å². The highest BCUT2D eigenvalue weighted by Crippen LogP contribution is 2.26. The van der Waals surface area contributed by atoms with Crippen molar-refractivity contribution in [3.05, 3.63) is 60.7 Å². The summed E-state index contributed by atoms with van der Waals surface area (Å²) in [4.78, 5) is 13.5. The number of hydrogen-bond donors (Lipinski definition) is 0. The second-order valence-corrected chi connectivity index (χ2v) is 5.02. The van der Waals surface area contributed by atoms with Crippen molar-refractivity contribution in [2.24, 2.45) is 0 Å². The van der Waals surface area contributed by atoms with Gasteiger partial charge in [0.1, 0.15) is 11.5 Å². The van der Waals surface area contributed by atoms with Gasteiger partial charge in [-0.2, -0.15) is 0 Å². The Balaban J connectivity index is 1.79. The van der Waals surface area contributed by atoms with E-state index in [4.69, 9.17) is 9.47 Å². The van der Waals surface area contributed by atoms with Gasteiger partial charge >= 0.3 is 6.41 Å². The molecule has 1 aliphatic heterocycles. The Morgan fingerprint density at radius 1 is 0.952 bits per heavy atom. The van der Waals surface area contributed by atoms with Crippen molar-refractivity contribution in [2.75, 3.05) is 0 Å². The van der Waals surface area contributed by atoms with E-state index in [1.54, 1.807) is 4.90 Å². The lowest BCUT2D eigenvalue weighted by atomic mass is 10.1. The van der Waals surface area contributed by atoms with Gasteiger partial charge in [0.25, 0.3) is 0 Å². The minimum Gasteiger partial charge on any atom is -0.437 e. The highest BCUT2D eigenvalue weighted by atomic mass is 16.7. The summed E-state index contributed by atoms with van der Waals surface area (Å²) < 4.78 is 11.7. The Bertz CT molecular complexity index is 558. The van der Waals surface area contributed by atoms with Gasteiger partial charge in [0.05, 0.1) is 0 Å². The van der Waals surface area contributed by atoms with E-state index in [1.165, 1.54) is 0 Å². The molecule has 0 N–H and O–H groups in total. The van der Waals surface area contributed by atoms with E-state index < -0.39 is 6.41 Å². The molecule has 1 saturated heterocycles. The normalized spacial score (nSPS) is 17.5. The van der Waals surface area contributed by atoms with Gasteiger partial charge in [0, 0.05) is 12.5 Å². The fourth-order valence-electron chi connectivity index (χ4n) is 2.28. The number of benzene rings is 2. The predicted octanol–water partition coefficient (Wildman–Crippen LogP) is 3.05. The van der Waals surface area contributed by atoms with E-state index in [1.807, 2.05) is 67.6 Å². The lowest BCUT2D eigenvalue weighted by Gasteiger charge is -2.42. The van der Waals surface area contributed by atoms with Gasteiger partial charge < -0.3 is 9.47 Å². The fraction of sp³-hybridized carbons (Fsp3) is 0.235. The summed E-state index contributed by atoms with van der Waals surface area (Å²) in [5, 5.41) is 0. The quantitative estimate of drug-likeness (QED) is 0.625. The maximum atomic E-state index is 11.8. The number of β-lactam (4-membered cyclic amide) rings is 1. The van der Waals surface area contributed by atoms with Crippen LogP contribution in [0.15, 0.2) is 60.7 Å². The second-order valence-electron chi connectivity index (χ2n) is 5.02. The summed E-state index contributed by atoms with van der Waals surface area (Å²) in [6, 6.07) is 18.9. The minimum absolute atomic E-state index is 0.0411. The Morgan fingerprint density at radius 2 is 1.43 bits per heavy atom. The Labute approximate surface area is 123 Å². The van der Waals surface area contributed by atoms with Crippen LogP contribution in [0.4, 0.5) is 0 Å². The molecule has 108 valence electrons. The molecule has 21 heavy (non-hydrogen) atoms. The van der Waals surface area contributed by atoms with Crippen molar-refractivity contribution in [3.8, 4) is 11.5 Å². The topological polar surface area (TPSA) is 38.8 Å². The molecule has 1 amide bonds. The standard InChI is InChI=1S/C17H17NO3/c1-13-12-16(19)18(13)17(20-14-8-4-2-5-9-14)21-15-10-6-3-7-11-15/h2-11,13,17H,12H2,1H3. The molecule has 4 nitrogen and oxygen atoms in total. The Kier molecular flexibility index (Phi) is 3.77. The number of ether oxygens (including phenoxy) is 2. The monoisotopic (exact) mass is 283 g/mol. The first kappa shape index (κ1) is 13.5. The molecule has 4 heteroatoms. The molecule has 0 spiro atoms. The minimum atomic E-state index is -0.744. The van der Waals surface area contributed by atoms with E-state index in [0.717, 1.165) is 0 Å². The van der Waals surface area contributed by atoms with Crippen LogP contribution < -0.4 is 9.47 Å². The first-order valence-corrected chi connectivity index (χ1v) is 6.98. The fourth-order valence-corrected chi connectivity index (χ4v) is 2.28. The average molecular weight is 283 g/mol. The molecule has 1 unspecified atom stereocenters. The van der Waals surface area contributed by atoms with E-state index in [0.29, 0.717) is 17.9 Å². The van der Waals surface area contributed by atoms with Crippen molar-refractivity contribution < 1.29 is 14.3 Å². The van der Waals surface area contributed by atoms with E-state index in [-0.39, 0.29) is 11.9 Å². The lowest BCUT2D eigenvalue weighted by Crippen LogP contribution is -2.59. The summed E-state index contributed by atoms with van der Waals surface area (Å²) in [6.07, 6.45) is -0.210. The number of carbonyl (C=O) groups is 1. The van der Waals surface area contributed by atoms with Crippen LogP contribution >= 0.6 is 0 Å². The summed E-state index contributed by atoms with van der Waals surface area (Å²) in [5.41, 5.74) is 0. The third kappa shape index (κ3) is 2.99. The highest BCUT2D eigenvalue weighted by molar-refractivity contribution is 5.83. The summed E-state index contributed by atoms with van der Waals surface area (Å²) in [7, 11) is 0. The zero-order chi connectivity index (χ0) is 14.7. The molecule has 0 radical (unpaired) electrons. The molecule has 2 aromatic carbocycles. The maximum Gasteiger partial charge on any atom is 0.329 e. The number of nitrogens with zero attached hydrogens (tertiary/aromatic N) is 1. The molecule has 1 atom stereocenters. The van der Waals surface area contributed by atoms with Gasteiger partial charge in [0.15, 0.2) is 0 Å². The molecule has 0 aliphatic carbocycles. The van der Waals surface area contributed by atoms with Gasteiger partial charge in [-0.05, 0) is 31.2 Å². The summed E-state index contributed by atoms with van der Waals surface area (Å²) in [6.45, 7) is 1.98. The SMILES string of the molecule is CC1CC(=O)N1C(Oc1ccccc1)Oc1ccccc1. The molecule has 1 fully saturated rings. The second kappa shape index (κ2) is 5.87. The van der Waals surface area contributed by atoms with Crippen LogP contribution in [0.1, 0.15) is 13.3 Å². The van der Waals surface area contributed by atoms with Crippen molar-refractivity contribution >= 4 is 5.91 Å². The first-order valence-electron chi connectivity index (χ1n) is 6.98. The molecular weight excluding hydrogens is 266 g/mol. The molecule has 0 aromatic heterocycles. The zero-order valence-electron chi connectivity index (χ0n) is 11.8. The van der Waals surface area contributed by atoms with Crippen LogP contribution in [-0.4, -0.2) is 23.3 Å². The number of carbonyl (C=O) groups excluding carboxylic acids is 1. The van der Waals surface area contributed by atoms with Gasteiger partial charge in [-0.15, -0.1) is 0 Å². The summed E-state index contributed by atoms with van der Waals surface area (Å²) >= 11 is 0. The number of hydrogen-bond acceptors (Lipinski definition) is 3. The van der Waals surface area contributed by atoms with Crippen LogP contribution in [0.2, 0.25) is 0 Å². The summed E-state index contributed by atoms with van der Waals surface area (Å²) in [5.74, 6) is 1.38. The third-order valence-corrected chi connectivity index (χ3v) is 3.42. The maximum absolute atomic E-state index is 11.8. The van der Waals surface area contributed by atoms with E-state index in [9.17, 15) is 4.79 Å². The zero-order valence-corrected chi connectivity index (χ0v) is 11.8. The van der Waals surface area contributed by atoms with Crippen molar-refractivity contribution in [1.29, 1.82) is 0 Å². The van der Waals surface area contributed by atoms with Crippen molar-refractivity contribution in [2.45, 2.75) is 25.8 Å². The Hall–Kier alpha value is -2.49. The molecule has 1 aliphatic rings. The first-order chi connectivity index (χ1) is 10.2. The number of amides is 1. The van der Waals surface area contributed by atoms with Gasteiger partial charge in [0.2, 0.25) is 5.91 Å². The lowest BCUT2D eigenvalue weighted by molar-refractivity contribution is -0.187. The molecule has 1 heterocycles. The molecule has 2 aromatic rings. The van der Waals surface area contributed by atoms with Crippen LogP contribution in [0, 0.1) is 0 Å². The van der Waals surface area contributed by atoms with Gasteiger partial charge in [-0.3, -0.25) is 9.69 Å². The van der Waals surface area contributed by atoms with Crippen molar-refractivity contribution in [3.63, 3.8) is 0 Å². The van der Waals surface area contributed by atoms with Crippen LogP contribution in [0.25, 0.3) is 0 Å². The molecule has 0 bridgehead atoms. The number of likely N-dealkylation sites (tertiary alicyclic amines) is 1. The molecular formula is C17H17NO3. The van der Waals surface area contributed by atoms with Crippen LogP contribution in [0.5, 0.6) is 11.5 Å². The van der Waals surface area contributed by atoms with E-state index in [2.05, 4.69) is 0 Å². The number of para-hydroxylation sites is 2. The van der Waals surface area contributed by atoms with Gasteiger partial charge in [-0.1, -0.05) is 36.4 Å². The van der Waals surface area contributed by atoms with Crippen molar-refractivity contribution in [1.82, 2.24) is 4.90 Å². The van der Waals surface area contributed by atoms with E-state index >= 15 is 0 Å². The average Bonchev–Trinajstić information content (AvgIpc) is 2.49.